The van der Waals surface area contributed by atoms with Crippen molar-refractivity contribution in [2.24, 2.45) is 0 Å². The molecule has 0 N–H and O–H groups in total. The first-order chi connectivity index (χ1) is 13.6. The molecule has 0 saturated carbocycles. The van der Waals surface area contributed by atoms with Crippen molar-refractivity contribution < 1.29 is 9.53 Å². The quantitative estimate of drug-likeness (QED) is 0.461. The maximum Gasteiger partial charge on any atom is 0.172 e. The molecule has 0 radical (unpaired) electrons. The van der Waals surface area contributed by atoms with Gasteiger partial charge in [0.15, 0.2) is 11.4 Å². The molecule has 140 valence electrons. The molecule has 0 saturated heterocycles. The molecule has 0 aliphatic heterocycles. The van der Waals surface area contributed by atoms with E-state index in [0.29, 0.717) is 33.4 Å². The maximum atomic E-state index is 13.0. The van der Waals surface area contributed by atoms with Gasteiger partial charge in [0, 0.05) is 23.7 Å². The first kappa shape index (κ1) is 18.1. The summed E-state index contributed by atoms with van der Waals surface area (Å²) in [7, 11) is 0. The fraction of sp³-hybridized carbons (Fsp3) is 0.150. The third-order valence-corrected chi connectivity index (χ3v) is 4.34. The minimum Gasteiger partial charge on any atom is -0.454 e. The fourth-order valence-electron chi connectivity index (χ4n) is 2.83. The van der Waals surface area contributed by atoms with Crippen LogP contribution in [0.25, 0.3) is 5.65 Å². The maximum absolute atomic E-state index is 13.0. The van der Waals surface area contributed by atoms with Crippen molar-refractivity contribution in [2.75, 3.05) is 0 Å². The van der Waals surface area contributed by atoms with Crippen molar-refractivity contribution in [3.8, 4) is 11.5 Å². The number of hydrogen-bond donors (Lipinski definition) is 0. The molecule has 7 nitrogen and oxygen atoms in total. The van der Waals surface area contributed by atoms with E-state index in [9.17, 15) is 4.79 Å². The van der Waals surface area contributed by atoms with Crippen LogP contribution in [0.1, 0.15) is 28.7 Å². The number of aryl methyl sites for hydroxylation is 1. The van der Waals surface area contributed by atoms with Crippen molar-refractivity contribution in [3.63, 3.8) is 0 Å². The highest BCUT2D eigenvalue weighted by Crippen LogP contribution is 2.25. The van der Waals surface area contributed by atoms with E-state index in [-0.39, 0.29) is 12.2 Å². The zero-order valence-electron chi connectivity index (χ0n) is 15.0. The lowest BCUT2D eigenvalue weighted by molar-refractivity contribution is 0.0992. The smallest absolute Gasteiger partial charge is 0.172 e. The summed E-state index contributed by atoms with van der Waals surface area (Å²) in [6.45, 7) is 2.03. The Balaban J connectivity index is 1.67. The summed E-state index contributed by atoms with van der Waals surface area (Å²) < 4.78 is 7.32. The van der Waals surface area contributed by atoms with E-state index < -0.39 is 0 Å². The van der Waals surface area contributed by atoms with Crippen LogP contribution in [0.15, 0.2) is 55.2 Å². The van der Waals surface area contributed by atoms with E-state index >= 15 is 0 Å². The average Bonchev–Trinajstić information content (AvgIpc) is 3.16. The van der Waals surface area contributed by atoms with Crippen molar-refractivity contribution >= 4 is 23.0 Å². The van der Waals surface area contributed by atoms with Crippen LogP contribution >= 0.6 is 11.6 Å². The zero-order valence-corrected chi connectivity index (χ0v) is 15.8. The molecule has 4 aromatic heterocycles. The first-order valence-electron chi connectivity index (χ1n) is 8.72. The highest BCUT2D eigenvalue weighted by atomic mass is 35.5. The van der Waals surface area contributed by atoms with E-state index in [0.717, 1.165) is 12.1 Å². The molecular weight excluding hydrogens is 378 g/mol. The number of fused-ring (bicyclic) bond motifs is 1. The summed E-state index contributed by atoms with van der Waals surface area (Å²) in [5.74, 6) is 0.775. The lowest BCUT2D eigenvalue weighted by Crippen LogP contribution is -2.09. The van der Waals surface area contributed by atoms with Crippen molar-refractivity contribution in [1.82, 2.24) is 24.6 Å². The number of carbonyl (C=O) groups excluding carboxylic acids is 1. The Kier molecular flexibility index (Phi) is 4.99. The second-order valence-electron chi connectivity index (χ2n) is 6.13. The Hall–Kier alpha value is -3.32. The van der Waals surface area contributed by atoms with Crippen molar-refractivity contribution in [1.29, 1.82) is 0 Å². The van der Waals surface area contributed by atoms with Gasteiger partial charge in [0.2, 0.25) is 0 Å². The van der Waals surface area contributed by atoms with Gasteiger partial charge in [-0.15, -0.1) is 0 Å². The number of nitrogens with zero attached hydrogens (tertiary/aromatic N) is 5. The number of carbonyl (C=O) groups is 1. The van der Waals surface area contributed by atoms with Crippen molar-refractivity contribution in [3.05, 3.63) is 77.2 Å². The molecule has 0 fully saturated rings. The van der Waals surface area contributed by atoms with E-state index in [1.807, 2.05) is 25.1 Å². The van der Waals surface area contributed by atoms with Crippen LogP contribution in [-0.4, -0.2) is 30.3 Å². The fourth-order valence-corrected chi connectivity index (χ4v) is 3.00. The van der Waals surface area contributed by atoms with E-state index in [4.69, 9.17) is 16.3 Å². The summed E-state index contributed by atoms with van der Waals surface area (Å²) in [4.78, 5) is 25.7. The van der Waals surface area contributed by atoms with Crippen LogP contribution in [0, 0.1) is 0 Å². The second-order valence-corrected chi connectivity index (χ2v) is 6.57. The van der Waals surface area contributed by atoms with Gasteiger partial charge in [0.05, 0.1) is 29.4 Å². The minimum absolute atomic E-state index is 0.117. The number of Topliss-reactive ketones (excluding diaryl/α,β-unsaturated/α-hetero) is 1. The number of halogens is 1. The van der Waals surface area contributed by atoms with Crippen LogP contribution < -0.4 is 4.74 Å². The monoisotopic (exact) mass is 393 g/mol. The van der Waals surface area contributed by atoms with E-state index in [2.05, 4.69) is 20.1 Å². The van der Waals surface area contributed by atoms with Crippen LogP contribution in [-0.2, 0) is 12.8 Å². The molecule has 4 aromatic rings. The van der Waals surface area contributed by atoms with Gasteiger partial charge in [-0.2, -0.15) is 5.10 Å². The molecule has 8 heteroatoms. The highest BCUT2D eigenvalue weighted by molar-refractivity contribution is 6.30. The highest BCUT2D eigenvalue weighted by Gasteiger charge is 2.16. The number of ketones is 1. The van der Waals surface area contributed by atoms with Gasteiger partial charge in [0.25, 0.3) is 0 Å². The standard InChI is InChI=1S/C20H16ClN5O2/c1-2-14-4-3-5-15(25-14)7-19(27)18-8-17(11-26-20(18)23-12-24-26)28-16-6-13(21)9-22-10-16/h3-6,8-12H,2,7H2,1H3. The lowest BCUT2D eigenvalue weighted by Gasteiger charge is -2.09. The summed E-state index contributed by atoms with van der Waals surface area (Å²) in [5, 5.41) is 4.59. The van der Waals surface area contributed by atoms with Crippen LogP contribution in [0.3, 0.4) is 0 Å². The molecule has 28 heavy (non-hydrogen) atoms. The van der Waals surface area contributed by atoms with Gasteiger partial charge in [-0.3, -0.25) is 14.8 Å². The van der Waals surface area contributed by atoms with Crippen molar-refractivity contribution in [2.45, 2.75) is 19.8 Å². The molecule has 0 spiro atoms. The third-order valence-electron chi connectivity index (χ3n) is 4.13. The number of hydrogen-bond acceptors (Lipinski definition) is 6. The summed E-state index contributed by atoms with van der Waals surface area (Å²) in [6.07, 6.45) is 7.08. The summed E-state index contributed by atoms with van der Waals surface area (Å²) in [6, 6.07) is 8.99. The Labute approximate surface area is 166 Å². The van der Waals surface area contributed by atoms with E-state index in [1.54, 1.807) is 24.5 Å². The Morgan fingerprint density at radius 1 is 1.18 bits per heavy atom. The summed E-state index contributed by atoms with van der Waals surface area (Å²) >= 11 is 5.95. The van der Waals surface area contributed by atoms with Crippen LogP contribution in [0.2, 0.25) is 5.02 Å². The SMILES string of the molecule is CCc1cccc(CC(=O)c2cc(Oc3cncc(Cl)c3)cn3ncnc23)n1. The molecule has 4 rings (SSSR count). The Morgan fingerprint density at radius 3 is 2.86 bits per heavy atom. The topological polar surface area (TPSA) is 82.3 Å². The minimum atomic E-state index is -0.117. The molecule has 0 aromatic carbocycles. The van der Waals surface area contributed by atoms with Crippen LogP contribution in [0.4, 0.5) is 0 Å². The molecule has 0 amide bonds. The first-order valence-corrected chi connectivity index (χ1v) is 9.10. The predicted octanol–water partition coefficient (Wildman–Crippen LogP) is 3.95. The van der Waals surface area contributed by atoms with Gasteiger partial charge in [-0.25, -0.2) is 9.50 Å². The zero-order chi connectivity index (χ0) is 19.5. The molecule has 0 bridgehead atoms. The molecule has 0 unspecified atom stereocenters. The third kappa shape index (κ3) is 3.84. The predicted molar refractivity (Wildman–Crippen MR) is 104 cm³/mol. The second kappa shape index (κ2) is 7.74. The summed E-state index contributed by atoms with van der Waals surface area (Å²) in [5.41, 5.74) is 2.54. The van der Waals surface area contributed by atoms with Gasteiger partial charge < -0.3 is 4.74 Å². The molecular formula is C20H16ClN5O2. The molecule has 0 atom stereocenters. The number of rotatable bonds is 6. The van der Waals surface area contributed by atoms with E-state index in [1.165, 1.54) is 17.0 Å². The van der Waals surface area contributed by atoms with Crippen LogP contribution in [0.5, 0.6) is 11.5 Å². The average molecular weight is 394 g/mol. The van der Waals surface area contributed by atoms with Gasteiger partial charge in [-0.05, 0) is 24.6 Å². The normalized spacial score (nSPS) is 10.9. The number of aromatic nitrogens is 5. The molecule has 0 aliphatic carbocycles. The van der Waals surface area contributed by atoms with Gasteiger partial charge >= 0.3 is 0 Å². The Bertz CT molecular complexity index is 1160. The number of ether oxygens (including phenoxy) is 1. The molecule has 4 heterocycles. The number of pyridine rings is 3. The van der Waals surface area contributed by atoms with Gasteiger partial charge in [-0.1, -0.05) is 24.6 Å². The van der Waals surface area contributed by atoms with Gasteiger partial charge in [0.1, 0.15) is 17.8 Å². The Morgan fingerprint density at radius 2 is 2.04 bits per heavy atom. The lowest BCUT2D eigenvalue weighted by atomic mass is 10.1. The largest absolute Gasteiger partial charge is 0.454 e. The molecule has 0 aliphatic rings.